The van der Waals surface area contributed by atoms with Crippen molar-refractivity contribution in [1.29, 1.82) is 5.26 Å². The minimum Gasteiger partial charge on any atom is -0.370 e. The molecule has 1 unspecified atom stereocenters. The normalized spacial score (nSPS) is 24.2. The molecule has 0 aromatic heterocycles. The molecule has 18 heavy (non-hydrogen) atoms. The Morgan fingerprint density at radius 3 is 2.89 bits per heavy atom. The van der Waals surface area contributed by atoms with Crippen molar-refractivity contribution in [3.8, 4) is 6.07 Å². The van der Waals surface area contributed by atoms with Gasteiger partial charge in [-0.05, 0) is 36.8 Å². The van der Waals surface area contributed by atoms with Gasteiger partial charge in [0.15, 0.2) is 0 Å². The molecule has 0 bridgehead atoms. The summed E-state index contributed by atoms with van der Waals surface area (Å²) >= 11 is 0. The van der Waals surface area contributed by atoms with Crippen LogP contribution in [0.15, 0.2) is 24.3 Å². The maximum absolute atomic E-state index is 8.95. The van der Waals surface area contributed by atoms with Gasteiger partial charge in [0.05, 0.1) is 6.07 Å². The molecule has 1 aromatic rings. The summed E-state index contributed by atoms with van der Waals surface area (Å²) < 4.78 is 0. The average Bonchev–Trinajstić information content (AvgIpc) is 3.09. The first-order chi connectivity index (χ1) is 8.72. The summed E-state index contributed by atoms with van der Waals surface area (Å²) in [6, 6.07) is 11.1. The maximum atomic E-state index is 8.95. The van der Waals surface area contributed by atoms with E-state index in [9.17, 15) is 0 Å². The van der Waals surface area contributed by atoms with Gasteiger partial charge < -0.3 is 4.90 Å². The van der Waals surface area contributed by atoms with Gasteiger partial charge in [0.25, 0.3) is 0 Å². The number of para-hydroxylation sites is 1. The van der Waals surface area contributed by atoms with E-state index in [2.05, 4.69) is 42.2 Å². The number of hydrogen-bond donors (Lipinski definition) is 0. The van der Waals surface area contributed by atoms with Gasteiger partial charge in [0.2, 0.25) is 0 Å². The van der Waals surface area contributed by atoms with Crippen molar-refractivity contribution in [2.24, 2.45) is 11.3 Å². The van der Waals surface area contributed by atoms with E-state index in [4.69, 9.17) is 5.26 Å². The molecule has 1 aromatic carbocycles. The van der Waals surface area contributed by atoms with E-state index >= 15 is 0 Å². The van der Waals surface area contributed by atoms with Gasteiger partial charge >= 0.3 is 0 Å². The SMILES string of the molecule is CC1Cc2ccccc2N(CC2(CC#N)CC2)C1. The largest absolute Gasteiger partial charge is 0.370 e. The van der Waals surface area contributed by atoms with Crippen LogP contribution in [0.4, 0.5) is 5.69 Å². The molecular formula is C16H20N2. The fraction of sp³-hybridized carbons (Fsp3) is 0.562. The van der Waals surface area contributed by atoms with Crippen molar-refractivity contribution >= 4 is 5.69 Å². The van der Waals surface area contributed by atoms with Gasteiger partial charge in [-0.1, -0.05) is 25.1 Å². The van der Waals surface area contributed by atoms with E-state index in [1.165, 1.54) is 30.5 Å². The Balaban J connectivity index is 1.83. The highest BCUT2D eigenvalue weighted by atomic mass is 15.2. The molecule has 0 amide bonds. The first-order valence-corrected chi connectivity index (χ1v) is 6.92. The highest BCUT2D eigenvalue weighted by Crippen LogP contribution is 2.50. The first-order valence-electron chi connectivity index (χ1n) is 6.92. The van der Waals surface area contributed by atoms with E-state index in [-0.39, 0.29) is 0 Å². The highest BCUT2D eigenvalue weighted by Gasteiger charge is 2.44. The zero-order valence-electron chi connectivity index (χ0n) is 11.0. The molecule has 1 aliphatic carbocycles. The second kappa shape index (κ2) is 4.31. The van der Waals surface area contributed by atoms with E-state index in [1.54, 1.807) is 0 Å². The molecule has 2 nitrogen and oxygen atoms in total. The highest BCUT2D eigenvalue weighted by molar-refractivity contribution is 5.56. The molecule has 2 heteroatoms. The zero-order valence-corrected chi connectivity index (χ0v) is 11.0. The topological polar surface area (TPSA) is 27.0 Å². The van der Waals surface area contributed by atoms with E-state index in [1.807, 2.05) is 0 Å². The van der Waals surface area contributed by atoms with Crippen molar-refractivity contribution in [3.63, 3.8) is 0 Å². The van der Waals surface area contributed by atoms with Gasteiger partial charge in [-0.3, -0.25) is 0 Å². The summed E-state index contributed by atoms with van der Waals surface area (Å²) in [7, 11) is 0. The zero-order chi connectivity index (χ0) is 12.6. The molecular weight excluding hydrogens is 220 g/mol. The Morgan fingerprint density at radius 1 is 1.39 bits per heavy atom. The van der Waals surface area contributed by atoms with Crippen molar-refractivity contribution in [2.45, 2.75) is 32.6 Å². The Bertz CT molecular complexity index is 482. The molecule has 0 N–H and O–H groups in total. The fourth-order valence-corrected chi connectivity index (χ4v) is 3.20. The predicted octanol–water partition coefficient (Wildman–Crippen LogP) is 3.38. The van der Waals surface area contributed by atoms with E-state index in [0.29, 0.717) is 5.41 Å². The van der Waals surface area contributed by atoms with Crippen LogP contribution in [0.2, 0.25) is 0 Å². The Labute approximate surface area is 109 Å². The molecule has 3 rings (SSSR count). The summed E-state index contributed by atoms with van der Waals surface area (Å²) in [5.74, 6) is 0.720. The summed E-state index contributed by atoms with van der Waals surface area (Å²) in [6.07, 6.45) is 4.37. The maximum Gasteiger partial charge on any atom is 0.0628 e. The molecule has 1 saturated carbocycles. The Hall–Kier alpha value is -1.49. The van der Waals surface area contributed by atoms with Crippen LogP contribution in [0, 0.1) is 22.7 Å². The van der Waals surface area contributed by atoms with Crippen LogP contribution < -0.4 is 4.90 Å². The average molecular weight is 240 g/mol. The third-order valence-electron chi connectivity index (χ3n) is 4.37. The molecule has 0 spiro atoms. The number of anilines is 1. The number of hydrogen-bond acceptors (Lipinski definition) is 2. The predicted molar refractivity (Wildman–Crippen MR) is 73.4 cm³/mol. The van der Waals surface area contributed by atoms with Crippen LogP contribution in [0.5, 0.6) is 0 Å². The summed E-state index contributed by atoms with van der Waals surface area (Å²) in [4.78, 5) is 2.52. The standard InChI is InChI=1S/C16H20N2/c1-13-10-14-4-2-3-5-15(14)18(11-13)12-16(6-7-16)8-9-17/h2-5,13H,6-8,10-12H2,1H3. The summed E-state index contributed by atoms with van der Waals surface area (Å²) in [5.41, 5.74) is 3.18. The second-order valence-electron chi connectivity index (χ2n) is 6.15. The lowest BCUT2D eigenvalue weighted by Crippen LogP contribution is -2.38. The number of fused-ring (bicyclic) bond motifs is 1. The van der Waals surface area contributed by atoms with Gasteiger partial charge in [-0.25, -0.2) is 0 Å². The van der Waals surface area contributed by atoms with Crippen LogP contribution in [-0.4, -0.2) is 13.1 Å². The summed E-state index contributed by atoms with van der Waals surface area (Å²) in [6.45, 7) is 4.54. The Morgan fingerprint density at radius 2 is 2.17 bits per heavy atom. The molecule has 0 radical (unpaired) electrons. The number of rotatable bonds is 3. The first kappa shape index (κ1) is 11.6. The lowest BCUT2D eigenvalue weighted by atomic mass is 9.92. The number of nitrogens with zero attached hydrogens (tertiary/aromatic N) is 2. The minimum absolute atomic E-state index is 0.304. The molecule has 1 heterocycles. The van der Waals surface area contributed by atoms with Crippen LogP contribution >= 0.6 is 0 Å². The lowest BCUT2D eigenvalue weighted by Gasteiger charge is -2.37. The minimum atomic E-state index is 0.304. The van der Waals surface area contributed by atoms with Gasteiger partial charge in [-0.15, -0.1) is 0 Å². The third kappa shape index (κ3) is 2.10. The van der Waals surface area contributed by atoms with Crippen LogP contribution in [0.1, 0.15) is 31.7 Å². The van der Waals surface area contributed by atoms with Crippen molar-refractivity contribution in [3.05, 3.63) is 29.8 Å². The second-order valence-corrected chi connectivity index (χ2v) is 6.15. The lowest BCUT2D eigenvalue weighted by molar-refractivity contribution is 0.458. The fourth-order valence-electron chi connectivity index (χ4n) is 3.20. The van der Waals surface area contributed by atoms with Crippen LogP contribution in [0.25, 0.3) is 0 Å². The Kier molecular flexibility index (Phi) is 2.78. The third-order valence-corrected chi connectivity index (χ3v) is 4.37. The van der Waals surface area contributed by atoms with Crippen molar-refractivity contribution in [2.75, 3.05) is 18.0 Å². The number of nitriles is 1. The molecule has 0 saturated heterocycles. The molecule has 94 valence electrons. The number of benzene rings is 1. The quantitative estimate of drug-likeness (QED) is 0.810. The molecule has 1 aliphatic heterocycles. The molecule has 2 aliphatic rings. The van der Waals surface area contributed by atoms with Crippen molar-refractivity contribution in [1.82, 2.24) is 0 Å². The van der Waals surface area contributed by atoms with Gasteiger partial charge in [-0.2, -0.15) is 5.26 Å². The van der Waals surface area contributed by atoms with Crippen LogP contribution in [-0.2, 0) is 6.42 Å². The van der Waals surface area contributed by atoms with Crippen molar-refractivity contribution < 1.29 is 0 Å². The van der Waals surface area contributed by atoms with E-state index in [0.717, 1.165) is 25.4 Å². The van der Waals surface area contributed by atoms with Crippen LogP contribution in [0.3, 0.4) is 0 Å². The molecule has 1 fully saturated rings. The van der Waals surface area contributed by atoms with Gasteiger partial charge in [0, 0.05) is 30.6 Å². The monoisotopic (exact) mass is 240 g/mol. The smallest absolute Gasteiger partial charge is 0.0628 e. The van der Waals surface area contributed by atoms with E-state index < -0.39 is 0 Å². The molecule has 1 atom stereocenters. The summed E-state index contributed by atoms with van der Waals surface area (Å²) in [5, 5.41) is 8.95. The van der Waals surface area contributed by atoms with Gasteiger partial charge in [0.1, 0.15) is 0 Å².